The SMILES string of the molecule is NS(=O)(=O)c1ccc(N2N=C(c3ccc(Br)cc3)CC2c2ccc3ccccc3c2)cc1. The van der Waals surface area contributed by atoms with E-state index >= 15 is 0 Å². The molecular weight excluding hydrogens is 486 g/mol. The van der Waals surface area contributed by atoms with Gasteiger partial charge in [0.15, 0.2) is 0 Å². The van der Waals surface area contributed by atoms with Crippen LogP contribution in [0.25, 0.3) is 10.8 Å². The minimum atomic E-state index is -3.75. The van der Waals surface area contributed by atoms with E-state index in [1.165, 1.54) is 22.9 Å². The zero-order valence-electron chi connectivity index (χ0n) is 17.0. The zero-order valence-corrected chi connectivity index (χ0v) is 19.4. The molecule has 0 aromatic heterocycles. The van der Waals surface area contributed by atoms with Gasteiger partial charge < -0.3 is 0 Å². The number of fused-ring (bicyclic) bond motifs is 1. The molecule has 5 rings (SSSR count). The summed E-state index contributed by atoms with van der Waals surface area (Å²) in [5.41, 5.74) is 3.99. The lowest BCUT2D eigenvalue weighted by Gasteiger charge is -2.24. The zero-order chi connectivity index (χ0) is 22.3. The summed E-state index contributed by atoms with van der Waals surface area (Å²) >= 11 is 3.49. The summed E-state index contributed by atoms with van der Waals surface area (Å²) in [6.07, 6.45) is 0.733. The number of hydrogen-bond acceptors (Lipinski definition) is 4. The van der Waals surface area contributed by atoms with E-state index < -0.39 is 10.0 Å². The molecule has 1 heterocycles. The van der Waals surface area contributed by atoms with E-state index in [0.717, 1.165) is 33.4 Å². The van der Waals surface area contributed by atoms with Crippen LogP contribution in [0.4, 0.5) is 5.69 Å². The maximum Gasteiger partial charge on any atom is 0.238 e. The van der Waals surface area contributed by atoms with Crippen molar-refractivity contribution in [2.75, 3.05) is 5.01 Å². The Balaban J connectivity index is 1.58. The molecule has 2 N–H and O–H groups in total. The first-order chi connectivity index (χ1) is 15.4. The van der Waals surface area contributed by atoms with E-state index in [1.54, 1.807) is 12.1 Å². The summed E-state index contributed by atoms with van der Waals surface area (Å²) in [5.74, 6) is 0. The normalized spacial score (nSPS) is 16.4. The van der Waals surface area contributed by atoms with E-state index in [1.807, 2.05) is 41.4 Å². The van der Waals surface area contributed by atoms with Crippen molar-refractivity contribution >= 4 is 48.1 Å². The average molecular weight is 506 g/mol. The van der Waals surface area contributed by atoms with Crippen LogP contribution in [0.3, 0.4) is 0 Å². The van der Waals surface area contributed by atoms with Gasteiger partial charge in [-0.15, -0.1) is 0 Å². The first-order valence-electron chi connectivity index (χ1n) is 10.1. The van der Waals surface area contributed by atoms with Crippen LogP contribution in [0.15, 0.2) is 105 Å². The molecule has 0 radical (unpaired) electrons. The Bertz CT molecular complexity index is 1430. The molecule has 1 aliphatic rings. The number of anilines is 1. The van der Waals surface area contributed by atoms with Crippen LogP contribution in [0.1, 0.15) is 23.6 Å². The van der Waals surface area contributed by atoms with Gasteiger partial charge in [-0.2, -0.15) is 5.10 Å². The minimum absolute atomic E-state index is 0.0152. The van der Waals surface area contributed by atoms with Crippen molar-refractivity contribution in [3.8, 4) is 0 Å². The molecule has 1 aliphatic heterocycles. The van der Waals surface area contributed by atoms with Crippen LogP contribution in [-0.2, 0) is 10.0 Å². The molecule has 4 aromatic rings. The smallest absolute Gasteiger partial charge is 0.238 e. The van der Waals surface area contributed by atoms with Gasteiger partial charge >= 0.3 is 0 Å². The Hall–Kier alpha value is -3.00. The Morgan fingerprint density at radius 1 is 0.875 bits per heavy atom. The first-order valence-corrected chi connectivity index (χ1v) is 12.5. The molecular formula is C25H20BrN3O2S. The van der Waals surface area contributed by atoms with Crippen LogP contribution in [0.5, 0.6) is 0 Å². The van der Waals surface area contributed by atoms with E-state index in [0.29, 0.717) is 0 Å². The Morgan fingerprint density at radius 2 is 1.56 bits per heavy atom. The van der Waals surface area contributed by atoms with Crippen molar-refractivity contribution in [2.45, 2.75) is 17.4 Å². The highest BCUT2D eigenvalue weighted by Crippen LogP contribution is 2.38. The standard InChI is InChI=1S/C25H20BrN3O2S/c26-21-9-7-18(8-10-21)24-16-25(20-6-5-17-3-1-2-4-19(17)15-20)29(28-24)22-11-13-23(14-12-22)32(27,30)31/h1-15,25H,16H2,(H2,27,30,31). The van der Waals surface area contributed by atoms with E-state index in [2.05, 4.69) is 46.3 Å². The topological polar surface area (TPSA) is 75.8 Å². The van der Waals surface area contributed by atoms with Crippen molar-refractivity contribution in [3.05, 3.63) is 107 Å². The van der Waals surface area contributed by atoms with Crippen LogP contribution in [-0.4, -0.2) is 14.1 Å². The molecule has 1 atom stereocenters. The van der Waals surface area contributed by atoms with Gasteiger partial charge in [0.2, 0.25) is 10.0 Å². The second-order valence-electron chi connectivity index (χ2n) is 7.76. The third-order valence-electron chi connectivity index (χ3n) is 5.68. The molecule has 0 aliphatic carbocycles. The summed E-state index contributed by atoms with van der Waals surface area (Å²) < 4.78 is 24.4. The number of primary sulfonamides is 1. The molecule has 160 valence electrons. The molecule has 4 aromatic carbocycles. The number of hydrazone groups is 1. The fraction of sp³-hybridized carbons (Fsp3) is 0.0800. The van der Waals surface area contributed by atoms with Crippen LogP contribution in [0, 0.1) is 0 Å². The van der Waals surface area contributed by atoms with Crippen molar-refractivity contribution in [3.63, 3.8) is 0 Å². The highest BCUT2D eigenvalue weighted by molar-refractivity contribution is 9.10. The molecule has 32 heavy (non-hydrogen) atoms. The third kappa shape index (κ3) is 4.07. The fourth-order valence-corrected chi connectivity index (χ4v) is 4.81. The lowest BCUT2D eigenvalue weighted by Crippen LogP contribution is -2.19. The van der Waals surface area contributed by atoms with Gasteiger partial charge in [0.1, 0.15) is 0 Å². The van der Waals surface area contributed by atoms with Gasteiger partial charge in [0, 0.05) is 10.9 Å². The van der Waals surface area contributed by atoms with Gasteiger partial charge in [-0.25, -0.2) is 13.6 Å². The van der Waals surface area contributed by atoms with E-state index in [9.17, 15) is 8.42 Å². The number of hydrogen-bond donors (Lipinski definition) is 1. The Labute approximate surface area is 195 Å². The molecule has 0 bridgehead atoms. The predicted molar refractivity (Wildman–Crippen MR) is 132 cm³/mol. The summed E-state index contributed by atoms with van der Waals surface area (Å²) in [6, 6.07) is 29.4. The molecule has 0 fully saturated rings. The number of sulfonamides is 1. The number of nitrogens with zero attached hydrogens (tertiary/aromatic N) is 2. The third-order valence-corrected chi connectivity index (χ3v) is 7.13. The molecule has 0 saturated heterocycles. The predicted octanol–water partition coefficient (Wildman–Crippen LogP) is 5.61. The van der Waals surface area contributed by atoms with Crippen LogP contribution >= 0.6 is 15.9 Å². The van der Waals surface area contributed by atoms with Crippen molar-refractivity contribution in [1.82, 2.24) is 0 Å². The van der Waals surface area contributed by atoms with Gasteiger partial charge in [-0.05, 0) is 64.4 Å². The second-order valence-corrected chi connectivity index (χ2v) is 10.2. The van der Waals surface area contributed by atoms with E-state index in [4.69, 9.17) is 10.2 Å². The van der Waals surface area contributed by atoms with Crippen molar-refractivity contribution < 1.29 is 8.42 Å². The summed E-state index contributed by atoms with van der Waals surface area (Å²) in [7, 11) is -3.75. The molecule has 0 saturated carbocycles. The monoisotopic (exact) mass is 505 g/mol. The average Bonchev–Trinajstić information content (AvgIpc) is 3.24. The Kier molecular flexibility index (Phi) is 5.33. The van der Waals surface area contributed by atoms with Gasteiger partial charge in [-0.3, -0.25) is 5.01 Å². The molecule has 0 amide bonds. The first kappa shape index (κ1) is 20.9. The number of nitrogens with two attached hydrogens (primary N) is 1. The molecule has 1 unspecified atom stereocenters. The summed E-state index contributed by atoms with van der Waals surface area (Å²) in [4.78, 5) is 0.0832. The second kappa shape index (κ2) is 8.16. The lowest BCUT2D eigenvalue weighted by molar-refractivity contribution is 0.597. The molecule has 0 spiro atoms. The maximum absolute atomic E-state index is 11.7. The quantitative estimate of drug-likeness (QED) is 0.391. The molecule has 5 nitrogen and oxygen atoms in total. The number of rotatable bonds is 4. The van der Waals surface area contributed by atoms with E-state index in [-0.39, 0.29) is 10.9 Å². The largest absolute Gasteiger partial charge is 0.257 e. The highest BCUT2D eigenvalue weighted by Gasteiger charge is 2.30. The van der Waals surface area contributed by atoms with Crippen LogP contribution in [0.2, 0.25) is 0 Å². The lowest BCUT2D eigenvalue weighted by atomic mass is 9.96. The van der Waals surface area contributed by atoms with Gasteiger partial charge in [0.25, 0.3) is 0 Å². The van der Waals surface area contributed by atoms with Gasteiger partial charge in [-0.1, -0.05) is 64.5 Å². The summed E-state index contributed by atoms with van der Waals surface area (Å²) in [6.45, 7) is 0. The maximum atomic E-state index is 11.7. The minimum Gasteiger partial charge on any atom is -0.257 e. The van der Waals surface area contributed by atoms with Crippen molar-refractivity contribution in [1.29, 1.82) is 0 Å². The Morgan fingerprint density at radius 3 is 2.25 bits per heavy atom. The molecule has 7 heteroatoms. The van der Waals surface area contributed by atoms with Crippen LogP contribution < -0.4 is 10.1 Å². The number of benzene rings is 4. The number of halogens is 1. The highest BCUT2D eigenvalue weighted by atomic mass is 79.9. The van der Waals surface area contributed by atoms with Gasteiger partial charge in [0.05, 0.1) is 22.3 Å². The summed E-state index contributed by atoms with van der Waals surface area (Å²) in [5, 5.41) is 14.5. The fourth-order valence-electron chi connectivity index (χ4n) is 4.03. The van der Waals surface area contributed by atoms with Crippen molar-refractivity contribution in [2.24, 2.45) is 10.2 Å².